The van der Waals surface area contributed by atoms with Gasteiger partial charge in [-0.1, -0.05) is 36.4 Å². The predicted molar refractivity (Wildman–Crippen MR) is 100.0 cm³/mol. The highest BCUT2D eigenvalue weighted by Crippen LogP contribution is 2.16. The predicted octanol–water partition coefficient (Wildman–Crippen LogP) is 3.73. The van der Waals surface area contributed by atoms with Crippen LogP contribution in [0.3, 0.4) is 0 Å². The van der Waals surface area contributed by atoms with Crippen LogP contribution >= 0.6 is 0 Å². The average Bonchev–Trinajstić information content (AvgIpc) is 2.59. The molecule has 1 atom stereocenters. The molecule has 1 amide bonds. The normalized spacial score (nSPS) is 12.2. The van der Waals surface area contributed by atoms with Gasteiger partial charge in [0.2, 0.25) is 0 Å². The first-order chi connectivity index (χ1) is 12.3. The molecule has 0 aromatic heterocycles. The summed E-state index contributed by atoms with van der Waals surface area (Å²) < 4.78 is 11.0. The van der Waals surface area contributed by atoms with Gasteiger partial charge in [0.15, 0.2) is 6.10 Å². The van der Waals surface area contributed by atoms with Crippen LogP contribution in [0.4, 0.5) is 0 Å². The number of hydrogen-bond donors (Lipinski definition) is 1. The van der Waals surface area contributed by atoms with Gasteiger partial charge in [0.1, 0.15) is 12.4 Å². The smallest absolute Gasteiger partial charge is 0.339 e. The molecule has 0 saturated carbocycles. The molecule has 26 heavy (non-hydrogen) atoms. The van der Waals surface area contributed by atoms with Gasteiger partial charge in [0.05, 0.1) is 5.56 Å². The fourth-order valence-electron chi connectivity index (χ4n) is 2.27. The van der Waals surface area contributed by atoms with Crippen molar-refractivity contribution >= 4 is 11.9 Å². The summed E-state index contributed by atoms with van der Waals surface area (Å²) in [6.45, 7) is 7.40. The monoisotopic (exact) mass is 355 g/mol. The van der Waals surface area contributed by atoms with E-state index in [1.54, 1.807) is 25.1 Å². The van der Waals surface area contributed by atoms with Crippen LogP contribution in [0.25, 0.3) is 0 Å². The van der Waals surface area contributed by atoms with Crippen LogP contribution in [0.5, 0.6) is 5.75 Å². The van der Waals surface area contributed by atoms with E-state index in [9.17, 15) is 9.59 Å². The molecule has 0 saturated heterocycles. The van der Waals surface area contributed by atoms with Gasteiger partial charge >= 0.3 is 5.97 Å². The molecule has 138 valence electrons. The topological polar surface area (TPSA) is 64.6 Å². The van der Waals surface area contributed by atoms with Crippen LogP contribution < -0.4 is 10.1 Å². The molecule has 0 heterocycles. The van der Waals surface area contributed by atoms with Crippen LogP contribution in [-0.2, 0) is 16.1 Å². The number of carbonyl (C=O) groups excluding carboxylic acids is 2. The summed E-state index contributed by atoms with van der Waals surface area (Å²) in [6.07, 6.45) is -0.884. The van der Waals surface area contributed by atoms with Gasteiger partial charge in [-0.25, -0.2) is 4.79 Å². The van der Waals surface area contributed by atoms with Gasteiger partial charge in [-0.2, -0.15) is 0 Å². The van der Waals surface area contributed by atoms with E-state index in [1.807, 2.05) is 57.2 Å². The second kappa shape index (κ2) is 8.52. The number of ether oxygens (including phenoxy) is 2. The van der Waals surface area contributed by atoms with Crippen molar-refractivity contribution in [2.75, 3.05) is 0 Å². The molecule has 0 bridgehead atoms. The SMILES string of the molecule is C[C@H](OC(=O)c1ccccc1COc1ccccc1)C(=O)NC(C)(C)C. The van der Waals surface area contributed by atoms with Crippen molar-refractivity contribution in [1.82, 2.24) is 5.32 Å². The molecule has 0 radical (unpaired) electrons. The third-order valence-electron chi connectivity index (χ3n) is 3.53. The summed E-state index contributed by atoms with van der Waals surface area (Å²) in [6, 6.07) is 16.4. The highest BCUT2D eigenvalue weighted by molar-refractivity contribution is 5.93. The Morgan fingerprint density at radius 1 is 1.00 bits per heavy atom. The Balaban J connectivity index is 2.03. The standard InChI is InChI=1S/C21H25NO4/c1-15(19(23)22-21(2,3)4)26-20(24)18-13-9-8-10-16(18)14-25-17-11-6-5-7-12-17/h5-13,15H,14H2,1-4H3,(H,22,23)/t15-/m0/s1. The second-order valence-corrected chi connectivity index (χ2v) is 7.05. The summed E-state index contributed by atoms with van der Waals surface area (Å²) in [5.74, 6) is -0.161. The second-order valence-electron chi connectivity index (χ2n) is 7.05. The Labute approximate surface area is 154 Å². The highest BCUT2D eigenvalue weighted by atomic mass is 16.5. The van der Waals surface area contributed by atoms with E-state index >= 15 is 0 Å². The summed E-state index contributed by atoms with van der Waals surface area (Å²) in [5, 5.41) is 2.80. The number of hydrogen-bond acceptors (Lipinski definition) is 4. The quantitative estimate of drug-likeness (QED) is 0.802. The van der Waals surface area contributed by atoms with Gasteiger partial charge in [0, 0.05) is 11.1 Å². The fraction of sp³-hybridized carbons (Fsp3) is 0.333. The molecule has 2 rings (SSSR count). The van der Waals surface area contributed by atoms with Gasteiger partial charge in [-0.3, -0.25) is 4.79 Å². The Bertz CT molecular complexity index is 750. The number of amides is 1. The fourth-order valence-corrected chi connectivity index (χ4v) is 2.27. The van der Waals surface area contributed by atoms with E-state index in [0.717, 1.165) is 0 Å². The average molecular weight is 355 g/mol. The van der Waals surface area contributed by atoms with Crippen molar-refractivity contribution in [2.45, 2.75) is 45.9 Å². The zero-order valence-corrected chi connectivity index (χ0v) is 15.6. The number of benzene rings is 2. The molecular formula is C21H25NO4. The maximum absolute atomic E-state index is 12.5. The molecule has 2 aromatic rings. The molecule has 5 nitrogen and oxygen atoms in total. The van der Waals surface area contributed by atoms with Crippen LogP contribution in [0.2, 0.25) is 0 Å². The first-order valence-corrected chi connectivity index (χ1v) is 8.55. The van der Waals surface area contributed by atoms with Crippen molar-refractivity contribution in [3.05, 3.63) is 65.7 Å². The van der Waals surface area contributed by atoms with Crippen molar-refractivity contribution < 1.29 is 19.1 Å². The Kier molecular flexibility index (Phi) is 6.39. The molecule has 5 heteroatoms. The molecule has 2 aromatic carbocycles. The summed E-state index contributed by atoms with van der Waals surface area (Å²) in [4.78, 5) is 24.6. The van der Waals surface area contributed by atoms with Crippen molar-refractivity contribution in [1.29, 1.82) is 0 Å². The minimum absolute atomic E-state index is 0.234. The molecule has 0 unspecified atom stereocenters. The lowest BCUT2D eigenvalue weighted by molar-refractivity contribution is -0.130. The largest absolute Gasteiger partial charge is 0.489 e. The Morgan fingerprint density at radius 2 is 1.62 bits per heavy atom. The highest BCUT2D eigenvalue weighted by Gasteiger charge is 2.23. The van der Waals surface area contributed by atoms with Crippen LogP contribution in [0, 0.1) is 0 Å². The summed E-state index contributed by atoms with van der Waals surface area (Å²) in [5.41, 5.74) is 0.697. The minimum Gasteiger partial charge on any atom is -0.489 e. The maximum atomic E-state index is 12.5. The van der Waals surface area contributed by atoms with Gasteiger partial charge in [-0.05, 0) is 45.9 Å². The Morgan fingerprint density at radius 3 is 2.27 bits per heavy atom. The lowest BCUT2D eigenvalue weighted by atomic mass is 10.1. The first kappa shape index (κ1) is 19.5. The third kappa shape index (κ3) is 5.92. The van der Waals surface area contributed by atoms with E-state index in [1.165, 1.54) is 0 Å². The van der Waals surface area contributed by atoms with Gasteiger partial charge < -0.3 is 14.8 Å². The first-order valence-electron chi connectivity index (χ1n) is 8.55. The number of carbonyl (C=O) groups is 2. The number of nitrogens with one attached hydrogen (secondary N) is 1. The minimum atomic E-state index is -0.884. The lowest BCUT2D eigenvalue weighted by Crippen LogP contribution is -2.46. The number of rotatable bonds is 6. The van der Waals surface area contributed by atoms with E-state index in [2.05, 4.69) is 5.32 Å². The van der Waals surface area contributed by atoms with Crippen molar-refractivity contribution in [3.63, 3.8) is 0 Å². The molecule has 1 N–H and O–H groups in total. The molecule has 0 aliphatic rings. The molecule has 0 aliphatic heterocycles. The van der Waals surface area contributed by atoms with E-state index in [4.69, 9.17) is 9.47 Å². The van der Waals surface area contributed by atoms with Gasteiger partial charge in [-0.15, -0.1) is 0 Å². The molecule has 0 spiro atoms. The maximum Gasteiger partial charge on any atom is 0.339 e. The van der Waals surface area contributed by atoms with Crippen molar-refractivity contribution in [3.8, 4) is 5.75 Å². The third-order valence-corrected chi connectivity index (χ3v) is 3.53. The molecule has 0 fully saturated rings. The Hall–Kier alpha value is -2.82. The lowest BCUT2D eigenvalue weighted by Gasteiger charge is -2.23. The van der Waals surface area contributed by atoms with E-state index in [-0.39, 0.29) is 18.1 Å². The molecule has 0 aliphatic carbocycles. The molecular weight excluding hydrogens is 330 g/mol. The van der Waals surface area contributed by atoms with Gasteiger partial charge in [0.25, 0.3) is 5.91 Å². The number of para-hydroxylation sites is 1. The zero-order valence-electron chi connectivity index (χ0n) is 15.6. The summed E-state index contributed by atoms with van der Waals surface area (Å²) in [7, 11) is 0. The van der Waals surface area contributed by atoms with Crippen LogP contribution in [-0.4, -0.2) is 23.5 Å². The van der Waals surface area contributed by atoms with E-state index < -0.39 is 12.1 Å². The number of esters is 1. The van der Waals surface area contributed by atoms with Crippen LogP contribution in [0.1, 0.15) is 43.6 Å². The van der Waals surface area contributed by atoms with E-state index in [0.29, 0.717) is 16.9 Å². The zero-order chi connectivity index (χ0) is 19.2. The van der Waals surface area contributed by atoms with Crippen LogP contribution in [0.15, 0.2) is 54.6 Å². The van der Waals surface area contributed by atoms with Crippen molar-refractivity contribution in [2.24, 2.45) is 0 Å². The summed E-state index contributed by atoms with van der Waals surface area (Å²) >= 11 is 0.